The predicted molar refractivity (Wildman–Crippen MR) is 122 cm³/mol. The fourth-order valence-electron chi connectivity index (χ4n) is 4.01. The van der Waals surface area contributed by atoms with E-state index in [1.165, 1.54) is 31.7 Å². The van der Waals surface area contributed by atoms with E-state index in [1.807, 2.05) is 0 Å². The molecule has 0 spiro atoms. The van der Waals surface area contributed by atoms with Crippen LogP contribution in [-0.2, 0) is 10.0 Å². The Morgan fingerprint density at radius 2 is 1.97 bits per heavy atom. The Labute approximate surface area is 192 Å². The first-order valence-electron chi connectivity index (χ1n) is 10.8. The molecule has 2 atom stereocenters. The molecule has 2 aromatic carbocycles. The van der Waals surface area contributed by atoms with Gasteiger partial charge in [0.25, 0.3) is 5.91 Å². The van der Waals surface area contributed by atoms with Crippen LogP contribution >= 0.6 is 0 Å². The van der Waals surface area contributed by atoms with Crippen molar-refractivity contribution in [1.29, 1.82) is 0 Å². The number of sulfonamides is 1. The highest BCUT2D eigenvalue weighted by molar-refractivity contribution is 7.89. The van der Waals surface area contributed by atoms with Gasteiger partial charge in [-0.2, -0.15) is 0 Å². The average molecular weight is 471 g/mol. The minimum Gasteiger partial charge on any atom is -0.495 e. The summed E-state index contributed by atoms with van der Waals surface area (Å²) >= 11 is 0. The summed E-state index contributed by atoms with van der Waals surface area (Å²) in [4.78, 5) is 12.9. The van der Waals surface area contributed by atoms with Crippen LogP contribution in [0.4, 0.5) is 5.69 Å². The maximum absolute atomic E-state index is 13.2. The van der Waals surface area contributed by atoms with Gasteiger partial charge < -0.3 is 14.5 Å². The monoisotopic (exact) mass is 470 g/mol. The first-order valence-corrected chi connectivity index (χ1v) is 12.2. The Kier molecular flexibility index (Phi) is 6.75. The normalized spacial score (nSPS) is 18.6. The number of anilines is 1. The maximum atomic E-state index is 13.2. The Bertz CT molecular complexity index is 1230. The molecule has 1 fully saturated rings. The number of methoxy groups -OCH3 is 1. The van der Waals surface area contributed by atoms with Gasteiger partial charge in [-0.3, -0.25) is 4.79 Å². The van der Waals surface area contributed by atoms with Crippen molar-refractivity contribution in [2.75, 3.05) is 12.4 Å². The van der Waals surface area contributed by atoms with Crippen molar-refractivity contribution >= 4 is 21.6 Å². The van der Waals surface area contributed by atoms with Gasteiger partial charge in [0.05, 0.1) is 7.11 Å². The van der Waals surface area contributed by atoms with Crippen LogP contribution in [0.2, 0.25) is 0 Å². The summed E-state index contributed by atoms with van der Waals surface area (Å²) in [5, 5.41) is 10.3. The third-order valence-corrected chi connectivity index (χ3v) is 7.37. The number of carbonyl (C=O) groups excluding carboxylic acids is 1. The van der Waals surface area contributed by atoms with Gasteiger partial charge in [-0.1, -0.05) is 25.8 Å². The zero-order chi connectivity index (χ0) is 23.4. The number of hydrogen-bond acceptors (Lipinski definition) is 7. The number of benzene rings is 2. The minimum absolute atomic E-state index is 0.0602. The molecule has 1 saturated carbocycles. The topological polar surface area (TPSA) is 123 Å². The lowest BCUT2D eigenvalue weighted by Gasteiger charge is -2.29. The molecule has 1 aliphatic carbocycles. The highest BCUT2D eigenvalue weighted by atomic mass is 32.2. The molecule has 1 aliphatic rings. The van der Waals surface area contributed by atoms with Gasteiger partial charge in [0.1, 0.15) is 10.6 Å². The Hall–Kier alpha value is -3.24. The first-order chi connectivity index (χ1) is 15.9. The summed E-state index contributed by atoms with van der Waals surface area (Å²) in [5.41, 5.74) is 1.34. The fourth-order valence-corrected chi connectivity index (χ4v) is 5.59. The van der Waals surface area contributed by atoms with E-state index in [4.69, 9.17) is 9.15 Å². The van der Waals surface area contributed by atoms with Crippen LogP contribution in [0, 0.1) is 5.92 Å². The summed E-state index contributed by atoms with van der Waals surface area (Å²) in [7, 11) is -2.48. The van der Waals surface area contributed by atoms with E-state index >= 15 is 0 Å². The number of rotatable bonds is 7. The van der Waals surface area contributed by atoms with Gasteiger partial charge in [-0.15, -0.1) is 10.2 Å². The molecule has 0 radical (unpaired) electrons. The number of carbonyl (C=O) groups is 1. The lowest BCUT2D eigenvalue weighted by Crippen LogP contribution is -2.41. The Morgan fingerprint density at radius 3 is 2.70 bits per heavy atom. The van der Waals surface area contributed by atoms with Crippen LogP contribution in [0.5, 0.6) is 5.75 Å². The molecule has 2 unspecified atom stereocenters. The second-order valence-corrected chi connectivity index (χ2v) is 9.82. The number of amides is 1. The van der Waals surface area contributed by atoms with Crippen LogP contribution in [0.15, 0.2) is 58.2 Å². The summed E-state index contributed by atoms with van der Waals surface area (Å²) in [5.74, 6) is 0.299. The zero-order valence-corrected chi connectivity index (χ0v) is 19.3. The van der Waals surface area contributed by atoms with Crippen LogP contribution in [-0.4, -0.2) is 37.7 Å². The van der Waals surface area contributed by atoms with Crippen molar-refractivity contribution < 1.29 is 22.4 Å². The third-order valence-electron chi connectivity index (χ3n) is 5.86. The van der Waals surface area contributed by atoms with Gasteiger partial charge in [-0.05, 0) is 55.2 Å². The first kappa shape index (κ1) is 22.9. The number of ether oxygens (including phenoxy) is 1. The van der Waals surface area contributed by atoms with Crippen molar-refractivity contribution in [3.8, 4) is 17.2 Å². The molecule has 2 N–H and O–H groups in total. The highest BCUT2D eigenvalue weighted by Crippen LogP contribution is 2.29. The van der Waals surface area contributed by atoms with Crippen LogP contribution in [0.3, 0.4) is 0 Å². The Balaban J connectivity index is 1.57. The molecule has 1 heterocycles. The molecular weight excluding hydrogens is 444 g/mol. The third kappa shape index (κ3) is 5.23. The van der Waals surface area contributed by atoms with Crippen molar-refractivity contribution in [2.45, 2.75) is 43.5 Å². The second-order valence-electron chi connectivity index (χ2n) is 8.13. The molecule has 3 aromatic rings. The summed E-state index contributed by atoms with van der Waals surface area (Å²) in [6.45, 7) is 2.05. The highest BCUT2D eigenvalue weighted by Gasteiger charge is 2.29. The molecule has 1 aromatic heterocycles. The van der Waals surface area contributed by atoms with Crippen molar-refractivity contribution in [1.82, 2.24) is 14.9 Å². The molecule has 10 heteroatoms. The number of nitrogens with zero attached hydrogens (tertiary/aromatic N) is 2. The minimum atomic E-state index is -3.88. The average Bonchev–Trinajstić information content (AvgIpc) is 3.35. The molecule has 33 heavy (non-hydrogen) atoms. The molecule has 174 valence electrons. The number of hydrogen-bond donors (Lipinski definition) is 2. The van der Waals surface area contributed by atoms with Gasteiger partial charge in [0.15, 0.2) is 0 Å². The quantitative estimate of drug-likeness (QED) is 0.537. The summed E-state index contributed by atoms with van der Waals surface area (Å²) < 4.78 is 39.7. The molecule has 0 saturated heterocycles. The van der Waals surface area contributed by atoms with E-state index in [-0.39, 0.29) is 28.2 Å². The van der Waals surface area contributed by atoms with E-state index in [0.717, 1.165) is 25.7 Å². The number of aromatic nitrogens is 2. The maximum Gasteiger partial charge on any atom is 0.255 e. The molecule has 1 amide bonds. The predicted octanol–water partition coefficient (Wildman–Crippen LogP) is 3.85. The van der Waals surface area contributed by atoms with Crippen molar-refractivity contribution in [3.05, 3.63) is 54.4 Å². The molecular formula is C23H26N4O5S. The summed E-state index contributed by atoms with van der Waals surface area (Å²) in [6.07, 6.45) is 5.09. The van der Waals surface area contributed by atoms with Gasteiger partial charge in [0, 0.05) is 22.9 Å². The van der Waals surface area contributed by atoms with Crippen molar-refractivity contribution in [2.24, 2.45) is 5.92 Å². The van der Waals surface area contributed by atoms with Gasteiger partial charge in [-0.25, -0.2) is 13.1 Å². The fraction of sp³-hybridized carbons (Fsp3) is 0.348. The smallest absolute Gasteiger partial charge is 0.255 e. The molecule has 4 rings (SSSR count). The van der Waals surface area contributed by atoms with E-state index < -0.39 is 15.9 Å². The van der Waals surface area contributed by atoms with E-state index in [2.05, 4.69) is 27.2 Å². The van der Waals surface area contributed by atoms with Crippen molar-refractivity contribution in [3.63, 3.8) is 0 Å². The molecule has 0 bridgehead atoms. The number of nitrogens with one attached hydrogen (secondary N) is 2. The van der Waals surface area contributed by atoms with Crippen LogP contribution in [0.25, 0.3) is 11.5 Å². The van der Waals surface area contributed by atoms with Gasteiger partial charge >= 0.3 is 0 Å². The van der Waals surface area contributed by atoms with E-state index in [9.17, 15) is 13.2 Å². The standard InChI is InChI=1S/C23H26N4O5S/c1-15-6-3-4-9-19(15)27-33(29,30)21-13-16(10-11-20(21)31-2)22(28)25-18-8-5-7-17(12-18)23-26-24-14-32-23/h5,7-8,10-15,19,27H,3-4,6,9H2,1-2H3,(H,25,28). The van der Waals surface area contributed by atoms with Crippen LogP contribution in [0.1, 0.15) is 43.0 Å². The lowest BCUT2D eigenvalue weighted by atomic mass is 9.87. The molecule has 9 nitrogen and oxygen atoms in total. The largest absolute Gasteiger partial charge is 0.495 e. The van der Waals surface area contributed by atoms with Gasteiger partial charge in [0.2, 0.25) is 22.3 Å². The second kappa shape index (κ2) is 9.72. The lowest BCUT2D eigenvalue weighted by molar-refractivity contribution is 0.102. The van der Waals surface area contributed by atoms with Crippen LogP contribution < -0.4 is 14.8 Å². The zero-order valence-electron chi connectivity index (χ0n) is 18.4. The Morgan fingerprint density at radius 1 is 1.15 bits per heavy atom. The van der Waals surface area contributed by atoms with E-state index in [0.29, 0.717) is 17.1 Å². The summed E-state index contributed by atoms with van der Waals surface area (Å²) in [6, 6.07) is 11.1. The SMILES string of the molecule is COc1ccc(C(=O)Nc2cccc(-c3nnco3)c2)cc1S(=O)(=O)NC1CCCCC1C. The molecule has 0 aliphatic heterocycles. The van der Waals surface area contributed by atoms with E-state index in [1.54, 1.807) is 24.3 Å².